The lowest BCUT2D eigenvalue weighted by atomic mass is 9.22. The fraction of sp³-hybridized carbons (Fsp3) is 1.00. The van der Waals surface area contributed by atoms with Crippen LogP contribution < -0.4 is 0 Å². The molecule has 0 radical (unpaired) electrons. The normalized spacial score (nSPS) is 40.7. The van der Waals surface area contributed by atoms with Crippen LogP contribution in [0.1, 0.15) is 46.0 Å². The molecule has 14 heavy (non-hydrogen) atoms. The summed E-state index contributed by atoms with van der Waals surface area (Å²) in [6.45, 7) is -0.382. The Kier molecular flexibility index (Phi) is 2.00. The summed E-state index contributed by atoms with van der Waals surface area (Å²) in [5, 5.41) is -1.19. The van der Waals surface area contributed by atoms with Crippen LogP contribution in [-0.4, -0.2) is 6.98 Å². The van der Waals surface area contributed by atoms with Gasteiger partial charge in [0, 0.05) is 0 Å². The van der Waals surface area contributed by atoms with Crippen molar-refractivity contribution in [1.82, 2.24) is 0 Å². The summed E-state index contributed by atoms with van der Waals surface area (Å²) in [4.78, 5) is 0. The van der Waals surface area contributed by atoms with Crippen molar-refractivity contribution in [2.45, 2.75) is 51.3 Å². The van der Waals surface area contributed by atoms with Crippen LogP contribution >= 0.6 is 0 Å². The van der Waals surface area contributed by atoms with Gasteiger partial charge in [0.15, 0.2) is 0 Å². The van der Waals surface area contributed by atoms with E-state index < -0.39 is 12.3 Å². The van der Waals surface area contributed by atoms with Gasteiger partial charge in [-0.05, 0) is 11.3 Å². The molecule has 0 aromatic carbocycles. The summed E-state index contributed by atoms with van der Waals surface area (Å²) >= 11 is 0. The van der Waals surface area contributed by atoms with Crippen molar-refractivity contribution in [3.05, 3.63) is 0 Å². The second kappa shape index (κ2) is 2.70. The van der Waals surface area contributed by atoms with E-state index in [1.807, 2.05) is 0 Å². The van der Waals surface area contributed by atoms with Gasteiger partial charge >= 0.3 is 6.98 Å². The molecule has 0 amide bonds. The number of hydrogen-bond donors (Lipinski definition) is 0. The maximum Gasteiger partial charge on any atom is 0.484 e. The molecular weight excluding hydrogens is 188 g/mol. The highest BCUT2D eigenvalue weighted by Gasteiger charge is 2.74. The Morgan fingerprint density at radius 1 is 1.07 bits per heavy atom. The van der Waals surface area contributed by atoms with Gasteiger partial charge in [0.1, 0.15) is 0 Å². The third kappa shape index (κ3) is 1.03. The molecule has 0 nitrogen and oxygen atoms in total. The lowest BCUT2D eigenvalue weighted by molar-refractivity contribution is -0.157. The molecule has 3 aliphatic carbocycles. The fourth-order valence-electron chi connectivity index (χ4n) is 3.88. The van der Waals surface area contributed by atoms with Crippen molar-refractivity contribution >= 4 is 6.98 Å². The van der Waals surface area contributed by atoms with Gasteiger partial charge in [-0.25, -0.2) is 0 Å². The van der Waals surface area contributed by atoms with E-state index in [-0.39, 0.29) is 5.41 Å². The summed E-state index contributed by atoms with van der Waals surface area (Å²) in [6.07, 6.45) is 3.40. The average molecular weight is 205 g/mol. The second-order valence-corrected chi connectivity index (χ2v) is 5.34. The number of hydrogen-bond acceptors (Lipinski definition) is 0. The molecular formula is C10H17BF3-. The first-order chi connectivity index (χ1) is 6.39. The predicted molar refractivity (Wildman–Crippen MR) is 52.1 cm³/mol. The minimum Gasteiger partial charge on any atom is -0.449 e. The molecule has 0 N–H and O–H groups in total. The minimum absolute atomic E-state index is 0.0980. The Morgan fingerprint density at radius 3 is 1.79 bits per heavy atom. The maximum atomic E-state index is 12.6. The molecule has 0 atom stereocenters. The summed E-state index contributed by atoms with van der Waals surface area (Å²) in [7, 11) is 0. The third-order valence-electron chi connectivity index (χ3n) is 4.66. The summed E-state index contributed by atoms with van der Waals surface area (Å²) in [6, 6.07) is 0. The first-order valence-electron chi connectivity index (χ1n) is 5.58. The van der Waals surface area contributed by atoms with Crippen LogP contribution in [0.15, 0.2) is 0 Å². The van der Waals surface area contributed by atoms with E-state index in [1.165, 1.54) is 0 Å². The average Bonchev–Trinajstić information content (AvgIpc) is 1.89. The van der Waals surface area contributed by atoms with Crippen molar-refractivity contribution in [3.8, 4) is 0 Å². The molecule has 4 heteroatoms. The molecule has 3 saturated carbocycles. The lowest BCUT2D eigenvalue weighted by Crippen LogP contribution is -2.67. The predicted octanol–water partition coefficient (Wildman–Crippen LogP) is 4.19. The van der Waals surface area contributed by atoms with Crippen LogP contribution in [-0.2, 0) is 0 Å². The molecule has 0 aliphatic heterocycles. The Hall–Kier alpha value is -0.145. The van der Waals surface area contributed by atoms with E-state index in [1.54, 1.807) is 0 Å². The summed E-state index contributed by atoms with van der Waals surface area (Å²) in [5.41, 5.74) is 0.0980. The van der Waals surface area contributed by atoms with Crippen molar-refractivity contribution in [2.75, 3.05) is 0 Å². The first kappa shape index (κ1) is 10.4. The number of halogens is 3. The summed E-state index contributed by atoms with van der Waals surface area (Å²) in [5.74, 6) is 0.530. The van der Waals surface area contributed by atoms with Crippen LogP contribution in [0.4, 0.5) is 12.9 Å². The van der Waals surface area contributed by atoms with E-state index >= 15 is 0 Å². The van der Waals surface area contributed by atoms with Crippen LogP contribution in [0.3, 0.4) is 0 Å². The lowest BCUT2D eigenvalue weighted by Gasteiger charge is -2.78. The van der Waals surface area contributed by atoms with Gasteiger partial charge in [-0.3, -0.25) is 0 Å². The Bertz CT molecular complexity index is 222. The Balaban J connectivity index is 2.00. The molecule has 0 spiro atoms. The van der Waals surface area contributed by atoms with Crippen LogP contribution in [0.5, 0.6) is 0 Å². The zero-order valence-corrected chi connectivity index (χ0v) is 8.82. The highest BCUT2D eigenvalue weighted by atomic mass is 19.4. The molecule has 3 rings (SSSR count). The standard InChI is InChI=1S/C10H17BF3/c1-3-8(4-2)9-5-10(6-9,7-9)11(12,13)14/h8H,3-7H2,1-2H3/q-1. The monoisotopic (exact) mass is 205 g/mol. The molecule has 0 saturated heterocycles. The molecule has 3 aliphatic rings. The Labute approximate surface area is 83.3 Å². The van der Waals surface area contributed by atoms with Gasteiger partial charge in [-0.1, -0.05) is 51.3 Å². The van der Waals surface area contributed by atoms with Gasteiger partial charge in [-0.2, -0.15) is 0 Å². The van der Waals surface area contributed by atoms with E-state index in [2.05, 4.69) is 13.8 Å². The molecule has 0 heterocycles. The van der Waals surface area contributed by atoms with Crippen molar-refractivity contribution in [1.29, 1.82) is 0 Å². The minimum atomic E-state index is -4.58. The molecule has 0 aromatic heterocycles. The quantitative estimate of drug-likeness (QED) is 0.603. The van der Waals surface area contributed by atoms with Crippen molar-refractivity contribution in [2.24, 2.45) is 11.3 Å². The van der Waals surface area contributed by atoms with E-state index in [0.29, 0.717) is 25.2 Å². The largest absolute Gasteiger partial charge is 0.484 e. The zero-order valence-electron chi connectivity index (χ0n) is 8.82. The number of rotatable bonds is 4. The maximum absolute atomic E-state index is 12.6. The zero-order chi connectivity index (χ0) is 10.6. The molecule has 3 fully saturated rings. The van der Waals surface area contributed by atoms with Gasteiger partial charge in [0.05, 0.1) is 0 Å². The van der Waals surface area contributed by atoms with Crippen molar-refractivity contribution < 1.29 is 12.9 Å². The molecule has 2 bridgehead atoms. The third-order valence-corrected chi connectivity index (χ3v) is 4.66. The first-order valence-corrected chi connectivity index (χ1v) is 5.58. The van der Waals surface area contributed by atoms with Gasteiger partial charge < -0.3 is 12.9 Å². The van der Waals surface area contributed by atoms with E-state index in [4.69, 9.17) is 0 Å². The van der Waals surface area contributed by atoms with Gasteiger partial charge in [-0.15, -0.1) is 0 Å². The highest BCUT2D eigenvalue weighted by Crippen LogP contribution is 2.85. The second-order valence-electron chi connectivity index (χ2n) is 5.34. The SMILES string of the molecule is CCC(CC)C12CC([B-](F)(F)F)(C1)C2. The van der Waals surface area contributed by atoms with Crippen molar-refractivity contribution in [3.63, 3.8) is 0 Å². The molecule has 0 unspecified atom stereocenters. The van der Waals surface area contributed by atoms with Gasteiger partial charge in [0.25, 0.3) is 0 Å². The van der Waals surface area contributed by atoms with Crippen LogP contribution in [0.25, 0.3) is 0 Å². The smallest absolute Gasteiger partial charge is 0.449 e. The van der Waals surface area contributed by atoms with E-state index in [0.717, 1.165) is 12.8 Å². The molecule has 82 valence electrons. The Morgan fingerprint density at radius 2 is 1.50 bits per heavy atom. The van der Waals surface area contributed by atoms with E-state index in [9.17, 15) is 12.9 Å². The molecule has 0 aromatic rings. The summed E-state index contributed by atoms with van der Waals surface area (Å²) < 4.78 is 37.9. The topological polar surface area (TPSA) is 0 Å². The highest BCUT2D eigenvalue weighted by molar-refractivity contribution is 6.63. The van der Waals surface area contributed by atoms with Crippen LogP contribution in [0.2, 0.25) is 5.31 Å². The van der Waals surface area contributed by atoms with Gasteiger partial charge in [0.2, 0.25) is 0 Å². The van der Waals surface area contributed by atoms with Crippen LogP contribution in [0, 0.1) is 11.3 Å². The fourth-order valence-corrected chi connectivity index (χ4v) is 3.88.